The molecule has 3 nitrogen and oxygen atoms in total. The minimum Gasteiger partial charge on any atom is -0.481 e. The van der Waals surface area contributed by atoms with Crippen molar-refractivity contribution in [3.63, 3.8) is 0 Å². The highest BCUT2D eigenvalue weighted by Crippen LogP contribution is 2.29. The van der Waals surface area contributed by atoms with Gasteiger partial charge in [0.05, 0.1) is 5.92 Å². The zero-order valence-electron chi connectivity index (χ0n) is 7.55. The Hall–Kier alpha value is -0.570. The predicted molar refractivity (Wildman–Crippen MR) is 47.0 cm³/mol. The fourth-order valence-electron chi connectivity index (χ4n) is 2.04. The molecule has 1 fully saturated rings. The number of aliphatic carboxylic acids is 1. The minimum absolute atomic E-state index is 0.105. The van der Waals surface area contributed by atoms with Crippen LogP contribution in [0.5, 0.6) is 0 Å². The summed E-state index contributed by atoms with van der Waals surface area (Å²) in [6.45, 7) is 0.844. The summed E-state index contributed by atoms with van der Waals surface area (Å²) in [5.74, 6) is -0.373. The first-order valence-corrected chi connectivity index (χ1v) is 4.63. The molecule has 0 bridgehead atoms. The summed E-state index contributed by atoms with van der Waals surface area (Å²) < 4.78 is 0. The number of carbonyl (C=O) groups is 1. The van der Waals surface area contributed by atoms with E-state index in [1.54, 1.807) is 0 Å². The molecule has 0 amide bonds. The summed E-state index contributed by atoms with van der Waals surface area (Å²) in [6, 6.07) is 0. The van der Waals surface area contributed by atoms with Gasteiger partial charge in [0.1, 0.15) is 0 Å². The molecule has 1 aliphatic carbocycles. The molecule has 0 heterocycles. The van der Waals surface area contributed by atoms with Gasteiger partial charge in [0.2, 0.25) is 0 Å². The molecule has 3 heteroatoms. The fourth-order valence-corrected chi connectivity index (χ4v) is 2.04. The third kappa shape index (κ3) is 2.21. The van der Waals surface area contributed by atoms with Crippen LogP contribution < -0.4 is 5.32 Å². The van der Waals surface area contributed by atoms with Crippen molar-refractivity contribution in [1.29, 1.82) is 0 Å². The normalized spacial score (nSPS) is 30.1. The topological polar surface area (TPSA) is 49.3 Å². The highest BCUT2D eigenvalue weighted by atomic mass is 16.4. The van der Waals surface area contributed by atoms with Gasteiger partial charge in [0, 0.05) is 0 Å². The zero-order chi connectivity index (χ0) is 8.97. The SMILES string of the molecule is CNCC1CCCCC1C(=O)O. The Morgan fingerprint density at radius 3 is 2.75 bits per heavy atom. The third-order valence-electron chi connectivity index (χ3n) is 2.69. The van der Waals surface area contributed by atoms with Crippen LogP contribution >= 0.6 is 0 Å². The van der Waals surface area contributed by atoms with Gasteiger partial charge in [-0.3, -0.25) is 4.79 Å². The maximum absolute atomic E-state index is 10.8. The van der Waals surface area contributed by atoms with E-state index >= 15 is 0 Å². The molecule has 0 spiro atoms. The summed E-state index contributed by atoms with van der Waals surface area (Å²) in [4.78, 5) is 10.8. The first-order chi connectivity index (χ1) is 5.75. The van der Waals surface area contributed by atoms with E-state index in [0.29, 0.717) is 5.92 Å². The molecule has 2 N–H and O–H groups in total. The molecule has 0 aromatic heterocycles. The van der Waals surface area contributed by atoms with Crippen LogP contribution in [0.1, 0.15) is 25.7 Å². The minimum atomic E-state index is -0.616. The summed E-state index contributed by atoms with van der Waals surface area (Å²) in [5, 5.41) is 12.0. The van der Waals surface area contributed by atoms with E-state index in [-0.39, 0.29) is 5.92 Å². The van der Waals surface area contributed by atoms with E-state index in [2.05, 4.69) is 5.32 Å². The summed E-state index contributed by atoms with van der Waals surface area (Å²) in [7, 11) is 1.88. The van der Waals surface area contributed by atoms with Crippen molar-refractivity contribution in [2.75, 3.05) is 13.6 Å². The monoisotopic (exact) mass is 171 g/mol. The lowest BCUT2D eigenvalue weighted by atomic mass is 9.79. The lowest BCUT2D eigenvalue weighted by molar-refractivity contribution is -0.144. The van der Waals surface area contributed by atoms with Gasteiger partial charge in [-0.2, -0.15) is 0 Å². The van der Waals surface area contributed by atoms with Gasteiger partial charge >= 0.3 is 5.97 Å². The van der Waals surface area contributed by atoms with Crippen LogP contribution in [0.3, 0.4) is 0 Å². The van der Waals surface area contributed by atoms with Gasteiger partial charge in [-0.15, -0.1) is 0 Å². The second kappa shape index (κ2) is 4.45. The van der Waals surface area contributed by atoms with Crippen LogP contribution in [-0.4, -0.2) is 24.7 Å². The highest BCUT2D eigenvalue weighted by molar-refractivity contribution is 5.70. The molecule has 2 unspecified atom stereocenters. The number of nitrogens with one attached hydrogen (secondary N) is 1. The molecule has 12 heavy (non-hydrogen) atoms. The molecule has 0 saturated heterocycles. The zero-order valence-corrected chi connectivity index (χ0v) is 7.55. The smallest absolute Gasteiger partial charge is 0.306 e. The maximum atomic E-state index is 10.8. The van der Waals surface area contributed by atoms with E-state index in [1.807, 2.05) is 7.05 Å². The lowest BCUT2D eigenvalue weighted by Crippen LogP contribution is -2.33. The van der Waals surface area contributed by atoms with Crippen LogP contribution in [-0.2, 0) is 4.79 Å². The number of hydrogen-bond acceptors (Lipinski definition) is 2. The number of carboxylic acids is 1. The Labute approximate surface area is 73.2 Å². The van der Waals surface area contributed by atoms with Crippen molar-refractivity contribution in [3.05, 3.63) is 0 Å². The molecule has 1 aliphatic rings. The summed E-state index contributed by atoms with van der Waals surface area (Å²) in [6.07, 6.45) is 4.20. The quantitative estimate of drug-likeness (QED) is 0.668. The maximum Gasteiger partial charge on any atom is 0.306 e. The van der Waals surface area contributed by atoms with Crippen molar-refractivity contribution >= 4 is 5.97 Å². The largest absolute Gasteiger partial charge is 0.481 e. The van der Waals surface area contributed by atoms with Crippen LogP contribution in [0.15, 0.2) is 0 Å². The fraction of sp³-hybridized carbons (Fsp3) is 0.889. The van der Waals surface area contributed by atoms with Crippen molar-refractivity contribution < 1.29 is 9.90 Å². The Bertz CT molecular complexity index is 157. The number of hydrogen-bond donors (Lipinski definition) is 2. The van der Waals surface area contributed by atoms with Crippen LogP contribution in [0.2, 0.25) is 0 Å². The van der Waals surface area contributed by atoms with E-state index in [1.165, 1.54) is 6.42 Å². The molecular formula is C9H17NO2. The van der Waals surface area contributed by atoms with Gasteiger partial charge in [-0.1, -0.05) is 12.8 Å². The average Bonchev–Trinajstić information content (AvgIpc) is 2.05. The van der Waals surface area contributed by atoms with Crippen molar-refractivity contribution in [1.82, 2.24) is 5.32 Å². The van der Waals surface area contributed by atoms with Crippen LogP contribution in [0.25, 0.3) is 0 Å². The van der Waals surface area contributed by atoms with Gasteiger partial charge in [0.25, 0.3) is 0 Å². The van der Waals surface area contributed by atoms with Crippen LogP contribution in [0, 0.1) is 11.8 Å². The number of rotatable bonds is 3. The van der Waals surface area contributed by atoms with Crippen molar-refractivity contribution in [3.8, 4) is 0 Å². The van der Waals surface area contributed by atoms with E-state index in [4.69, 9.17) is 5.11 Å². The van der Waals surface area contributed by atoms with E-state index in [9.17, 15) is 4.79 Å². The highest BCUT2D eigenvalue weighted by Gasteiger charge is 2.29. The Morgan fingerprint density at radius 2 is 2.17 bits per heavy atom. The van der Waals surface area contributed by atoms with Crippen molar-refractivity contribution in [2.24, 2.45) is 11.8 Å². The second-order valence-electron chi connectivity index (χ2n) is 3.55. The molecular weight excluding hydrogens is 154 g/mol. The molecule has 0 aromatic carbocycles. The molecule has 1 saturated carbocycles. The molecule has 0 aromatic rings. The molecule has 70 valence electrons. The molecule has 1 rings (SSSR count). The van der Waals surface area contributed by atoms with Crippen LogP contribution in [0.4, 0.5) is 0 Å². The first kappa shape index (κ1) is 9.52. The van der Waals surface area contributed by atoms with Gasteiger partial charge in [-0.05, 0) is 32.4 Å². The van der Waals surface area contributed by atoms with Crippen molar-refractivity contribution in [2.45, 2.75) is 25.7 Å². The predicted octanol–water partition coefficient (Wildman–Crippen LogP) is 1.10. The standard InChI is InChI=1S/C9H17NO2/c1-10-6-7-4-2-3-5-8(7)9(11)12/h7-8,10H,2-6H2,1H3,(H,11,12). The third-order valence-corrected chi connectivity index (χ3v) is 2.69. The Balaban J connectivity index is 2.48. The lowest BCUT2D eigenvalue weighted by Gasteiger charge is -2.28. The van der Waals surface area contributed by atoms with Gasteiger partial charge in [0.15, 0.2) is 0 Å². The second-order valence-corrected chi connectivity index (χ2v) is 3.55. The summed E-state index contributed by atoms with van der Waals surface area (Å²) >= 11 is 0. The van der Waals surface area contributed by atoms with E-state index < -0.39 is 5.97 Å². The van der Waals surface area contributed by atoms with Gasteiger partial charge < -0.3 is 10.4 Å². The first-order valence-electron chi connectivity index (χ1n) is 4.63. The Kier molecular flexibility index (Phi) is 3.53. The molecule has 0 aliphatic heterocycles. The summed E-state index contributed by atoms with van der Waals surface area (Å²) in [5.41, 5.74) is 0. The molecule has 2 atom stereocenters. The van der Waals surface area contributed by atoms with Gasteiger partial charge in [-0.25, -0.2) is 0 Å². The number of carboxylic acid groups (broad SMARTS) is 1. The molecule has 0 radical (unpaired) electrons. The average molecular weight is 171 g/mol. The Morgan fingerprint density at radius 1 is 1.50 bits per heavy atom. The van der Waals surface area contributed by atoms with E-state index in [0.717, 1.165) is 25.8 Å².